The van der Waals surface area contributed by atoms with Crippen LogP contribution in [0.5, 0.6) is 0 Å². The molecule has 8 heteroatoms. The Bertz CT molecular complexity index is 604. The van der Waals surface area contributed by atoms with Crippen LogP contribution in [0, 0.1) is 0 Å². The Labute approximate surface area is 177 Å². The van der Waals surface area contributed by atoms with E-state index < -0.39 is 0 Å². The molecular formula is C20H32ClN3O3S. The molecule has 0 aromatic heterocycles. The molecule has 28 heavy (non-hydrogen) atoms. The van der Waals surface area contributed by atoms with Crippen molar-refractivity contribution in [3.05, 3.63) is 10.4 Å². The molecule has 1 N–H and O–H groups in total. The maximum absolute atomic E-state index is 13.4. The lowest BCUT2D eigenvalue weighted by molar-refractivity contribution is -0.136. The van der Waals surface area contributed by atoms with E-state index in [4.69, 9.17) is 16.3 Å². The Morgan fingerprint density at radius 1 is 1.25 bits per heavy atom. The van der Waals surface area contributed by atoms with Crippen LogP contribution in [0.1, 0.15) is 58.3 Å². The molecule has 3 rings (SSSR count). The van der Waals surface area contributed by atoms with Crippen LogP contribution in [0.4, 0.5) is 4.79 Å². The van der Waals surface area contributed by atoms with Gasteiger partial charge >= 0.3 is 6.03 Å². The van der Waals surface area contributed by atoms with E-state index in [0.29, 0.717) is 19.1 Å². The van der Waals surface area contributed by atoms with Crippen LogP contribution in [0.15, 0.2) is 10.4 Å². The highest BCUT2D eigenvalue weighted by Gasteiger charge is 2.39. The molecule has 2 heterocycles. The largest absolute Gasteiger partial charge is 0.375 e. The predicted octanol–water partition coefficient (Wildman–Crippen LogP) is 3.90. The molecule has 1 saturated heterocycles. The van der Waals surface area contributed by atoms with Crippen molar-refractivity contribution in [1.29, 1.82) is 0 Å². The number of carbonyl (C=O) groups excluding carboxylic acids is 2. The van der Waals surface area contributed by atoms with E-state index in [-0.39, 0.29) is 29.5 Å². The highest BCUT2D eigenvalue weighted by molar-refractivity contribution is 8.06. The van der Waals surface area contributed by atoms with Gasteiger partial charge in [-0.25, -0.2) is 4.79 Å². The second-order valence-electron chi connectivity index (χ2n) is 8.22. The number of hydrogen-bond donors (Lipinski definition) is 1. The van der Waals surface area contributed by atoms with Crippen LogP contribution in [-0.4, -0.2) is 65.5 Å². The molecule has 1 aliphatic carbocycles. The maximum Gasteiger partial charge on any atom is 0.319 e. The molecule has 6 nitrogen and oxygen atoms in total. The third-order valence-electron chi connectivity index (χ3n) is 6.03. The number of likely N-dealkylation sites (tertiary alicyclic amines) is 1. The number of hydrogen-bond acceptors (Lipinski definition) is 4. The summed E-state index contributed by atoms with van der Waals surface area (Å²) in [6, 6.07) is 0.481. The van der Waals surface area contributed by atoms with Gasteiger partial charge in [-0.1, -0.05) is 48.7 Å². The number of thioether (sulfide) groups is 1. The molecule has 3 amide bonds. The molecule has 158 valence electrons. The monoisotopic (exact) mass is 429 g/mol. The highest BCUT2D eigenvalue weighted by atomic mass is 35.5. The smallest absolute Gasteiger partial charge is 0.319 e. The minimum Gasteiger partial charge on any atom is -0.375 e. The topological polar surface area (TPSA) is 61.9 Å². The summed E-state index contributed by atoms with van der Waals surface area (Å²) < 4.78 is 5.72. The van der Waals surface area contributed by atoms with Crippen molar-refractivity contribution in [3.63, 3.8) is 0 Å². The van der Waals surface area contributed by atoms with Gasteiger partial charge in [-0.05, 0) is 32.6 Å². The Morgan fingerprint density at radius 2 is 1.89 bits per heavy atom. The van der Waals surface area contributed by atoms with Crippen molar-refractivity contribution in [2.24, 2.45) is 0 Å². The lowest BCUT2D eigenvalue weighted by Gasteiger charge is -2.44. The van der Waals surface area contributed by atoms with Crippen LogP contribution in [0.2, 0.25) is 0 Å². The molecule has 2 aliphatic heterocycles. The van der Waals surface area contributed by atoms with Gasteiger partial charge in [0.15, 0.2) is 0 Å². The minimum atomic E-state index is -0.379. The summed E-state index contributed by atoms with van der Waals surface area (Å²) in [6.07, 6.45) is 10.1. The molecule has 0 radical (unpaired) electrons. The number of carbonyl (C=O) groups is 2. The molecule has 0 spiro atoms. The van der Waals surface area contributed by atoms with E-state index in [2.05, 4.69) is 10.2 Å². The van der Waals surface area contributed by atoms with Crippen LogP contribution in [-0.2, 0) is 9.53 Å². The van der Waals surface area contributed by atoms with Crippen molar-refractivity contribution < 1.29 is 14.3 Å². The van der Waals surface area contributed by atoms with E-state index in [9.17, 15) is 9.59 Å². The molecule has 1 saturated carbocycles. The third-order valence-corrected chi connectivity index (χ3v) is 7.49. The van der Waals surface area contributed by atoms with Crippen molar-refractivity contribution in [2.45, 2.75) is 75.2 Å². The number of piperidine rings is 1. The number of halogens is 1. The number of methoxy groups -OCH3 is 1. The quantitative estimate of drug-likeness (QED) is 0.719. The lowest BCUT2D eigenvalue weighted by atomic mass is 9.91. The lowest BCUT2D eigenvalue weighted by Crippen LogP contribution is -2.58. The summed E-state index contributed by atoms with van der Waals surface area (Å²) in [5, 5.41) is 3.25. The van der Waals surface area contributed by atoms with Crippen LogP contribution < -0.4 is 5.32 Å². The van der Waals surface area contributed by atoms with Gasteiger partial charge in [0.05, 0.1) is 9.24 Å². The zero-order valence-corrected chi connectivity index (χ0v) is 18.5. The van der Waals surface area contributed by atoms with Gasteiger partial charge in [0.2, 0.25) is 5.91 Å². The number of urea groups is 1. The van der Waals surface area contributed by atoms with E-state index in [1.165, 1.54) is 31.0 Å². The summed E-state index contributed by atoms with van der Waals surface area (Å²) in [7, 11) is 1.54. The first-order valence-corrected chi connectivity index (χ1v) is 11.5. The molecule has 3 aliphatic rings. The molecule has 2 fully saturated rings. The zero-order valence-electron chi connectivity index (χ0n) is 16.9. The van der Waals surface area contributed by atoms with E-state index in [1.807, 2.05) is 17.9 Å². The van der Waals surface area contributed by atoms with Crippen molar-refractivity contribution in [3.8, 4) is 0 Å². The summed E-state index contributed by atoms with van der Waals surface area (Å²) in [4.78, 5) is 29.0. The van der Waals surface area contributed by atoms with E-state index in [0.717, 1.165) is 36.5 Å². The Balaban J connectivity index is 1.66. The van der Waals surface area contributed by atoms with Crippen LogP contribution in [0.25, 0.3) is 0 Å². The number of nitrogens with zero attached hydrogens (tertiary/aromatic N) is 2. The van der Waals surface area contributed by atoms with Gasteiger partial charge in [0.1, 0.15) is 6.61 Å². The van der Waals surface area contributed by atoms with Gasteiger partial charge in [0.25, 0.3) is 0 Å². The van der Waals surface area contributed by atoms with Gasteiger partial charge in [-0.3, -0.25) is 4.79 Å². The highest BCUT2D eigenvalue weighted by Crippen LogP contribution is 2.42. The molecule has 0 aromatic rings. The normalized spacial score (nSPS) is 26.8. The second-order valence-corrected chi connectivity index (χ2v) is 10.4. The van der Waals surface area contributed by atoms with Crippen LogP contribution >= 0.6 is 23.4 Å². The molecular weight excluding hydrogens is 398 g/mol. The third kappa shape index (κ3) is 5.36. The SMILES string of the molecule is COCC(=O)N1CCC(N(C(=O)N[C@@]2(C)CC=C(Cl)S2)C2CCCCC2)CC1. The van der Waals surface area contributed by atoms with Crippen LogP contribution in [0.3, 0.4) is 0 Å². The van der Waals surface area contributed by atoms with Crippen molar-refractivity contribution in [2.75, 3.05) is 26.8 Å². The fraction of sp³-hybridized carbons (Fsp3) is 0.800. The Kier molecular flexibility index (Phi) is 7.56. The van der Waals surface area contributed by atoms with Crippen molar-refractivity contribution >= 4 is 35.3 Å². The van der Waals surface area contributed by atoms with Gasteiger partial charge < -0.3 is 19.9 Å². The van der Waals surface area contributed by atoms with Crippen molar-refractivity contribution in [1.82, 2.24) is 15.1 Å². The summed E-state index contributed by atoms with van der Waals surface area (Å²) >= 11 is 7.66. The van der Waals surface area contributed by atoms with Gasteiger partial charge in [-0.15, -0.1) is 0 Å². The fourth-order valence-corrected chi connectivity index (χ4v) is 6.03. The predicted molar refractivity (Wildman–Crippen MR) is 113 cm³/mol. The standard InChI is InChI=1S/C20H32ClN3O3S/c1-20(11-8-17(21)28-20)22-19(26)24(15-6-4-3-5-7-15)16-9-12-23(13-10-16)18(25)14-27-2/h8,15-16H,3-7,9-14H2,1-2H3,(H,22,26)/t20-/m1/s1. The summed E-state index contributed by atoms with van der Waals surface area (Å²) in [5.74, 6) is 0.0326. The number of ether oxygens (including phenoxy) is 1. The first kappa shape index (κ1) is 21.8. The Hall–Kier alpha value is -0.920. The minimum absolute atomic E-state index is 0.0170. The van der Waals surface area contributed by atoms with Gasteiger partial charge in [-0.2, -0.15) is 0 Å². The number of rotatable bonds is 5. The average Bonchev–Trinajstić information content (AvgIpc) is 3.01. The number of amides is 3. The molecule has 1 atom stereocenters. The maximum atomic E-state index is 13.4. The molecule has 0 aromatic carbocycles. The van der Waals surface area contributed by atoms with E-state index in [1.54, 1.807) is 7.11 Å². The average molecular weight is 430 g/mol. The summed E-state index contributed by atoms with van der Waals surface area (Å²) in [5.41, 5.74) is 0. The zero-order chi connectivity index (χ0) is 20.1. The summed E-state index contributed by atoms with van der Waals surface area (Å²) in [6.45, 7) is 3.53. The molecule has 0 unspecified atom stereocenters. The second kappa shape index (κ2) is 9.72. The molecule has 0 bridgehead atoms. The first-order chi connectivity index (χ1) is 13.4. The van der Waals surface area contributed by atoms with Gasteiger partial charge in [0, 0.05) is 38.7 Å². The first-order valence-electron chi connectivity index (χ1n) is 10.3. The fourth-order valence-electron chi connectivity index (χ4n) is 4.54. The number of nitrogens with one attached hydrogen (secondary N) is 1. The van der Waals surface area contributed by atoms with E-state index >= 15 is 0 Å². The Morgan fingerprint density at radius 3 is 2.46 bits per heavy atom.